The van der Waals surface area contributed by atoms with Crippen LogP contribution in [0, 0.1) is 0 Å². The second kappa shape index (κ2) is 9.78. The van der Waals surface area contributed by atoms with Crippen LogP contribution >= 0.6 is 23.2 Å². The average molecular weight is 415 g/mol. The van der Waals surface area contributed by atoms with Crippen LogP contribution in [0.1, 0.15) is 5.56 Å². The van der Waals surface area contributed by atoms with Gasteiger partial charge in [0.15, 0.2) is 6.61 Å². The molecule has 0 bridgehead atoms. The monoisotopic (exact) mass is 414 g/mol. The molecule has 0 saturated heterocycles. The summed E-state index contributed by atoms with van der Waals surface area (Å²) in [4.78, 5) is 11.8. The first-order chi connectivity index (χ1) is 13.6. The number of carbonyl (C=O) groups excluding carboxylic acids is 1. The smallest absolute Gasteiger partial charge is 0.277 e. The summed E-state index contributed by atoms with van der Waals surface area (Å²) in [6.45, 7) is -0.220. The molecule has 1 amide bonds. The third kappa shape index (κ3) is 6.01. The molecule has 0 aliphatic carbocycles. The molecule has 1 N–H and O–H groups in total. The number of carbonyl (C=O) groups is 1. The molecule has 0 saturated carbocycles. The normalized spacial score (nSPS) is 10.6. The maximum absolute atomic E-state index is 11.8. The number of hydrazone groups is 1. The van der Waals surface area contributed by atoms with Crippen LogP contribution in [0.4, 0.5) is 0 Å². The fraction of sp³-hybridized carbons (Fsp3) is 0.0476. The Kier molecular flexibility index (Phi) is 6.89. The fourth-order valence-electron chi connectivity index (χ4n) is 2.19. The fourth-order valence-corrected chi connectivity index (χ4v) is 2.66. The Morgan fingerprint density at radius 1 is 0.964 bits per heavy atom. The molecule has 3 rings (SSSR count). The highest BCUT2D eigenvalue weighted by Crippen LogP contribution is 2.27. The van der Waals surface area contributed by atoms with E-state index in [4.69, 9.17) is 32.7 Å². The number of benzene rings is 3. The van der Waals surface area contributed by atoms with E-state index in [1.54, 1.807) is 18.2 Å². The summed E-state index contributed by atoms with van der Waals surface area (Å²) in [7, 11) is 0. The molecule has 0 radical (unpaired) electrons. The van der Waals surface area contributed by atoms with Gasteiger partial charge < -0.3 is 9.47 Å². The quantitative estimate of drug-likeness (QED) is 0.420. The van der Waals surface area contributed by atoms with E-state index in [9.17, 15) is 4.79 Å². The first kappa shape index (κ1) is 19.7. The van der Waals surface area contributed by atoms with Crippen LogP contribution in [0.3, 0.4) is 0 Å². The summed E-state index contributed by atoms with van der Waals surface area (Å²) in [5.41, 5.74) is 3.20. The first-order valence-corrected chi connectivity index (χ1v) is 9.08. The van der Waals surface area contributed by atoms with Gasteiger partial charge in [0, 0.05) is 5.02 Å². The van der Waals surface area contributed by atoms with Gasteiger partial charge in [-0.15, -0.1) is 0 Å². The maximum atomic E-state index is 11.8. The minimum atomic E-state index is -0.411. The molecule has 7 heteroatoms. The third-order valence-electron chi connectivity index (χ3n) is 3.51. The molecule has 0 aromatic heterocycles. The van der Waals surface area contributed by atoms with E-state index in [1.807, 2.05) is 54.6 Å². The van der Waals surface area contributed by atoms with Gasteiger partial charge in [-0.05, 0) is 60.2 Å². The average Bonchev–Trinajstić information content (AvgIpc) is 2.69. The van der Waals surface area contributed by atoms with Crippen molar-refractivity contribution in [3.05, 3.63) is 88.4 Å². The van der Waals surface area contributed by atoms with Crippen LogP contribution in [0.25, 0.3) is 0 Å². The predicted octanol–water partition coefficient (Wildman–Crippen LogP) is 5.31. The lowest BCUT2D eigenvalue weighted by Gasteiger charge is -2.07. The number of rotatable bonds is 7. The predicted molar refractivity (Wildman–Crippen MR) is 111 cm³/mol. The summed E-state index contributed by atoms with van der Waals surface area (Å²) >= 11 is 11.8. The number of amides is 1. The molecular formula is C21H16Cl2N2O3. The SMILES string of the molecule is O=C(COc1ccc(Cl)cc1Cl)N/N=C\c1ccc(Oc2ccccc2)cc1. The lowest BCUT2D eigenvalue weighted by atomic mass is 10.2. The van der Waals surface area contributed by atoms with Crippen molar-refractivity contribution in [2.45, 2.75) is 0 Å². The van der Waals surface area contributed by atoms with Crippen molar-refractivity contribution < 1.29 is 14.3 Å². The highest BCUT2D eigenvalue weighted by atomic mass is 35.5. The molecule has 0 aliphatic rings. The molecular weight excluding hydrogens is 399 g/mol. The van der Waals surface area contributed by atoms with Crippen LogP contribution < -0.4 is 14.9 Å². The molecule has 0 unspecified atom stereocenters. The van der Waals surface area contributed by atoms with E-state index in [0.29, 0.717) is 21.5 Å². The number of ether oxygens (including phenoxy) is 2. The summed E-state index contributed by atoms with van der Waals surface area (Å²) < 4.78 is 11.1. The molecule has 0 fully saturated rings. The van der Waals surface area contributed by atoms with E-state index >= 15 is 0 Å². The lowest BCUT2D eigenvalue weighted by Crippen LogP contribution is -2.24. The summed E-state index contributed by atoms with van der Waals surface area (Å²) in [6.07, 6.45) is 1.53. The van der Waals surface area contributed by atoms with Crippen LogP contribution in [-0.4, -0.2) is 18.7 Å². The number of para-hydroxylation sites is 1. The van der Waals surface area contributed by atoms with Gasteiger partial charge >= 0.3 is 0 Å². The zero-order valence-corrected chi connectivity index (χ0v) is 16.2. The van der Waals surface area contributed by atoms with Gasteiger partial charge in [0.2, 0.25) is 0 Å². The molecule has 0 aliphatic heterocycles. The van der Waals surface area contributed by atoms with E-state index in [0.717, 1.165) is 11.3 Å². The van der Waals surface area contributed by atoms with Crippen LogP contribution in [0.15, 0.2) is 77.9 Å². The number of halogens is 2. The Hall–Kier alpha value is -3.02. The van der Waals surface area contributed by atoms with Crippen molar-refractivity contribution in [1.82, 2.24) is 5.43 Å². The van der Waals surface area contributed by atoms with Gasteiger partial charge in [-0.2, -0.15) is 5.10 Å². The molecule has 0 atom stereocenters. The van der Waals surface area contributed by atoms with Gasteiger partial charge in [0.25, 0.3) is 5.91 Å². The van der Waals surface area contributed by atoms with Crippen LogP contribution in [0.5, 0.6) is 17.2 Å². The Labute approximate surface area is 172 Å². The molecule has 3 aromatic carbocycles. The molecule has 3 aromatic rings. The van der Waals surface area contributed by atoms with Gasteiger partial charge in [-0.25, -0.2) is 5.43 Å². The van der Waals surface area contributed by atoms with Crippen molar-refractivity contribution >= 4 is 35.3 Å². The molecule has 142 valence electrons. The van der Waals surface area contributed by atoms with Crippen molar-refractivity contribution in [2.75, 3.05) is 6.61 Å². The topological polar surface area (TPSA) is 59.9 Å². The number of hydrogen-bond donors (Lipinski definition) is 1. The first-order valence-electron chi connectivity index (χ1n) is 8.33. The van der Waals surface area contributed by atoms with Gasteiger partial charge in [0.1, 0.15) is 17.2 Å². The second-order valence-electron chi connectivity index (χ2n) is 5.64. The summed E-state index contributed by atoms with van der Waals surface area (Å²) in [6, 6.07) is 21.6. The minimum Gasteiger partial charge on any atom is -0.482 e. The summed E-state index contributed by atoms with van der Waals surface area (Å²) in [5.74, 6) is 1.43. The lowest BCUT2D eigenvalue weighted by molar-refractivity contribution is -0.123. The van der Waals surface area contributed by atoms with E-state index in [2.05, 4.69) is 10.5 Å². The Morgan fingerprint density at radius 2 is 1.68 bits per heavy atom. The summed E-state index contributed by atoms with van der Waals surface area (Å²) in [5, 5.41) is 4.73. The van der Waals surface area contributed by atoms with Gasteiger partial charge in [-0.3, -0.25) is 4.79 Å². The zero-order valence-electron chi connectivity index (χ0n) is 14.6. The third-order valence-corrected chi connectivity index (χ3v) is 4.05. The van der Waals surface area contributed by atoms with Gasteiger partial charge in [-0.1, -0.05) is 41.4 Å². The van der Waals surface area contributed by atoms with Crippen molar-refractivity contribution in [3.63, 3.8) is 0 Å². The molecule has 0 heterocycles. The number of nitrogens with zero attached hydrogens (tertiary/aromatic N) is 1. The minimum absolute atomic E-state index is 0.220. The van der Waals surface area contributed by atoms with Crippen molar-refractivity contribution in [2.24, 2.45) is 5.10 Å². The van der Waals surface area contributed by atoms with Crippen molar-refractivity contribution in [1.29, 1.82) is 0 Å². The highest BCUT2D eigenvalue weighted by Gasteiger charge is 2.05. The Balaban J connectivity index is 1.46. The zero-order chi connectivity index (χ0) is 19.8. The number of nitrogens with one attached hydrogen (secondary N) is 1. The second-order valence-corrected chi connectivity index (χ2v) is 6.48. The Bertz CT molecular complexity index is 961. The Morgan fingerprint density at radius 3 is 2.39 bits per heavy atom. The van der Waals surface area contributed by atoms with E-state index < -0.39 is 5.91 Å². The van der Waals surface area contributed by atoms with Crippen LogP contribution in [-0.2, 0) is 4.79 Å². The van der Waals surface area contributed by atoms with Crippen LogP contribution in [0.2, 0.25) is 10.0 Å². The molecule has 28 heavy (non-hydrogen) atoms. The van der Waals surface area contributed by atoms with E-state index in [-0.39, 0.29) is 6.61 Å². The number of hydrogen-bond acceptors (Lipinski definition) is 4. The highest BCUT2D eigenvalue weighted by molar-refractivity contribution is 6.35. The van der Waals surface area contributed by atoms with Crippen molar-refractivity contribution in [3.8, 4) is 17.2 Å². The van der Waals surface area contributed by atoms with Gasteiger partial charge in [0.05, 0.1) is 11.2 Å². The van der Waals surface area contributed by atoms with E-state index in [1.165, 1.54) is 6.21 Å². The molecule has 5 nitrogen and oxygen atoms in total. The standard InChI is InChI=1S/C21H16Cl2N2O3/c22-16-8-11-20(19(23)12-16)27-14-21(26)25-24-13-15-6-9-18(10-7-15)28-17-4-2-1-3-5-17/h1-13H,14H2,(H,25,26)/b24-13-. The molecule has 0 spiro atoms. The maximum Gasteiger partial charge on any atom is 0.277 e. The largest absolute Gasteiger partial charge is 0.482 e.